The highest BCUT2D eigenvalue weighted by Gasteiger charge is 2.33. The second kappa shape index (κ2) is 7.27. The topological polar surface area (TPSA) is 118 Å². The molecule has 0 aliphatic carbocycles. The average Bonchev–Trinajstić information content (AvgIpc) is 2.42. The van der Waals surface area contributed by atoms with Crippen LogP contribution < -0.4 is 10.0 Å². The Hall–Kier alpha value is -2.00. The van der Waals surface area contributed by atoms with Crippen molar-refractivity contribution in [2.45, 2.75) is 51.1 Å². The standard InChI is InChI=1S/C15H23N3O5S/c1-10(2)13(14(19)16-15(3,4)5)17-24(22,23)12-9-7-6-8-11(12)18(20)21/h6-10,13,17H,1-5H3,(H,16,19). The molecule has 0 saturated carbocycles. The van der Waals surface area contributed by atoms with Gasteiger partial charge in [-0.05, 0) is 32.8 Å². The Bertz CT molecular complexity index is 723. The van der Waals surface area contributed by atoms with Crippen LogP contribution in [0.5, 0.6) is 0 Å². The molecule has 1 unspecified atom stereocenters. The van der Waals surface area contributed by atoms with Gasteiger partial charge in [-0.3, -0.25) is 14.9 Å². The molecule has 0 radical (unpaired) electrons. The molecule has 0 fully saturated rings. The molecule has 1 rings (SSSR count). The first-order chi connectivity index (χ1) is 10.8. The van der Waals surface area contributed by atoms with Crippen LogP contribution >= 0.6 is 0 Å². The number of nitro benzene ring substituents is 1. The number of hydrogen-bond donors (Lipinski definition) is 2. The lowest BCUT2D eigenvalue weighted by Gasteiger charge is -2.27. The maximum absolute atomic E-state index is 12.5. The summed E-state index contributed by atoms with van der Waals surface area (Å²) in [6, 6.07) is 3.96. The Labute approximate surface area is 141 Å². The number of benzene rings is 1. The number of nitrogens with zero attached hydrogens (tertiary/aromatic N) is 1. The van der Waals surface area contributed by atoms with E-state index in [9.17, 15) is 23.3 Å². The van der Waals surface area contributed by atoms with E-state index in [1.165, 1.54) is 12.1 Å². The second-order valence-corrected chi connectivity index (χ2v) is 8.49. The minimum atomic E-state index is -4.23. The van der Waals surface area contributed by atoms with Gasteiger partial charge in [-0.1, -0.05) is 26.0 Å². The third-order valence-electron chi connectivity index (χ3n) is 3.08. The summed E-state index contributed by atoms with van der Waals surface area (Å²) >= 11 is 0. The van der Waals surface area contributed by atoms with Gasteiger partial charge in [0, 0.05) is 11.6 Å². The molecular weight excluding hydrogens is 334 g/mol. The Morgan fingerprint density at radius 2 is 1.75 bits per heavy atom. The highest BCUT2D eigenvalue weighted by atomic mass is 32.2. The average molecular weight is 357 g/mol. The normalized spacial score (nSPS) is 13.6. The van der Waals surface area contributed by atoms with Crippen LogP contribution in [0.1, 0.15) is 34.6 Å². The largest absolute Gasteiger partial charge is 0.350 e. The summed E-state index contributed by atoms with van der Waals surface area (Å²) in [6.07, 6.45) is 0. The van der Waals surface area contributed by atoms with Crippen LogP contribution in [-0.4, -0.2) is 30.8 Å². The van der Waals surface area contributed by atoms with Crippen molar-refractivity contribution < 1.29 is 18.1 Å². The summed E-state index contributed by atoms with van der Waals surface area (Å²) in [6.45, 7) is 8.71. The van der Waals surface area contributed by atoms with Gasteiger partial charge < -0.3 is 5.32 Å². The van der Waals surface area contributed by atoms with Gasteiger partial charge in [0.25, 0.3) is 5.69 Å². The summed E-state index contributed by atoms with van der Waals surface area (Å²) in [5.41, 5.74) is -1.07. The maximum atomic E-state index is 12.5. The third kappa shape index (κ3) is 5.27. The van der Waals surface area contributed by atoms with Crippen molar-refractivity contribution in [3.05, 3.63) is 34.4 Å². The van der Waals surface area contributed by atoms with Crippen LogP contribution in [0.2, 0.25) is 0 Å². The van der Waals surface area contributed by atoms with Crippen LogP contribution in [0, 0.1) is 16.0 Å². The first-order valence-corrected chi connectivity index (χ1v) is 8.91. The molecule has 0 spiro atoms. The molecule has 1 amide bonds. The molecule has 2 N–H and O–H groups in total. The third-order valence-corrected chi connectivity index (χ3v) is 4.57. The fourth-order valence-corrected chi connectivity index (χ4v) is 3.52. The highest BCUT2D eigenvalue weighted by molar-refractivity contribution is 7.89. The fourth-order valence-electron chi connectivity index (χ4n) is 2.01. The number of hydrogen-bond acceptors (Lipinski definition) is 5. The molecule has 0 heterocycles. The minimum absolute atomic E-state index is 0.343. The summed E-state index contributed by atoms with van der Waals surface area (Å²) in [5, 5.41) is 13.8. The molecule has 1 atom stereocenters. The molecule has 0 aliphatic rings. The van der Waals surface area contributed by atoms with E-state index in [4.69, 9.17) is 0 Å². The van der Waals surface area contributed by atoms with E-state index in [0.29, 0.717) is 0 Å². The smallest absolute Gasteiger partial charge is 0.289 e. The van der Waals surface area contributed by atoms with Gasteiger partial charge in [0.15, 0.2) is 4.90 Å². The first-order valence-electron chi connectivity index (χ1n) is 7.43. The molecule has 8 nitrogen and oxygen atoms in total. The van der Waals surface area contributed by atoms with Crippen molar-refractivity contribution in [3.8, 4) is 0 Å². The van der Waals surface area contributed by atoms with Crippen LogP contribution in [0.3, 0.4) is 0 Å². The van der Waals surface area contributed by atoms with Gasteiger partial charge in [0.1, 0.15) is 6.04 Å². The number of para-hydroxylation sites is 1. The summed E-state index contributed by atoms with van der Waals surface area (Å²) < 4.78 is 27.4. The van der Waals surface area contributed by atoms with Gasteiger partial charge in [-0.15, -0.1) is 0 Å². The van der Waals surface area contributed by atoms with Crippen LogP contribution in [0.4, 0.5) is 5.69 Å². The number of carbonyl (C=O) groups excluding carboxylic acids is 1. The fraction of sp³-hybridized carbons (Fsp3) is 0.533. The van der Waals surface area contributed by atoms with E-state index in [1.54, 1.807) is 34.6 Å². The molecule has 0 bridgehead atoms. The van der Waals surface area contributed by atoms with E-state index >= 15 is 0 Å². The van der Waals surface area contributed by atoms with Crippen LogP contribution in [0.15, 0.2) is 29.2 Å². The number of amides is 1. The van der Waals surface area contributed by atoms with Gasteiger partial charge in [0.2, 0.25) is 15.9 Å². The molecule has 134 valence electrons. The van der Waals surface area contributed by atoms with Gasteiger partial charge in [-0.25, -0.2) is 8.42 Å². The number of carbonyl (C=O) groups is 1. The lowest BCUT2D eigenvalue weighted by molar-refractivity contribution is -0.387. The van der Waals surface area contributed by atoms with Crippen molar-refractivity contribution in [2.75, 3.05) is 0 Å². The SMILES string of the molecule is CC(C)C(NS(=O)(=O)c1ccccc1[N+](=O)[O-])C(=O)NC(C)(C)C. The molecule has 0 aliphatic heterocycles. The Morgan fingerprint density at radius 1 is 1.21 bits per heavy atom. The van der Waals surface area contributed by atoms with Crippen molar-refractivity contribution in [1.29, 1.82) is 0 Å². The quantitative estimate of drug-likeness (QED) is 0.594. The van der Waals surface area contributed by atoms with Gasteiger partial charge in [0.05, 0.1) is 4.92 Å². The molecule has 0 aromatic heterocycles. The summed E-state index contributed by atoms with van der Waals surface area (Å²) in [7, 11) is -4.23. The molecule has 1 aromatic carbocycles. The number of rotatable bonds is 6. The molecule has 1 aromatic rings. The van der Waals surface area contributed by atoms with Crippen molar-refractivity contribution in [3.63, 3.8) is 0 Å². The zero-order chi connectivity index (χ0) is 18.7. The molecular formula is C15H23N3O5S. The Balaban J connectivity index is 3.19. The van der Waals surface area contributed by atoms with Gasteiger partial charge >= 0.3 is 0 Å². The lowest BCUT2D eigenvalue weighted by Crippen LogP contribution is -2.54. The van der Waals surface area contributed by atoms with Crippen molar-refractivity contribution in [2.24, 2.45) is 5.92 Å². The lowest BCUT2D eigenvalue weighted by atomic mass is 10.0. The van der Waals surface area contributed by atoms with Gasteiger partial charge in [-0.2, -0.15) is 4.72 Å². The van der Waals surface area contributed by atoms with Crippen LogP contribution in [0.25, 0.3) is 0 Å². The maximum Gasteiger partial charge on any atom is 0.289 e. The highest BCUT2D eigenvalue weighted by Crippen LogP contribution is 2.23. The van der Waals surface area contributed by atoms with E-state index in [2.05, 4.69) is 10.0 Å². The van der Waals surface area contributed by atoms with Crippen LogP contribution in [-0.2, 0) is 14.8 Å². The summed E-state index contributed by atoms with van der Waals surface area (Å²) in [4.78, 5) is 22.2. The first kappa shape index (κ1) is 20.0. The van der Waals surface area contributed by atoms with E-state index in [-0.39, 0.29) is 5.92 Å². The number of nitro groups is 1. The second-order valence-electron chi connectivity index (χ2n) is 6.81. The molecule has 0 saturated heterocycles. The number of nitrogens with one attached hydrogen (secondary N) is 2. The summed E-state index contributed by atoms with van der Waals surface area (Å²) in [5.74, 6) is -0.829. The van der Waals surface area contributed by atoms with E-state index in [0.717, 1.165) is 12.1 Å². The zero-order valence-electron chi connectivity index (χ0n) is 14.4. The van der Waals surface area contributed by atoms with E-state index < -0.39 is 43.0 Å². The Morgan fingerprint density at radius 3 is 2.21 bits per heavy atom. The molecule has 24 heavy (non-hydrogen) atoms. The molecule has 9 heteroatoms. The minimum Gasteiger partial charge on any atom is -0.350 e. The number of sulfonamides is 1. The van der Waals surface area contributed by atoms with Crippen molar-refractivity contribution in [1.82, 2.24) is 10.0 Å². The zero-order valence-corrected chi connectivity index (χ0v) is 15.2. The van der Waals surface area contributed by atoms with Crippen molar-refractivity contribution >= 4 is 21.6 Å². The Kier molecular flexibility index (Phi) is 6.07. The predicted octanol–water partition coefficient (Wildman–Crippen LogP) is 1.81. The monoisotopic (exact) mass is 357 g/mol. The van der Waals surface area contributed by atoms with E-state index in [1.807, 2.05) is 0 Å². The predicted molar refractivity (Wildman–Crippen MR) is 89.9 cm³/mol.